The van der Waals surface area contributed by atoms with Gasteiger partial charge in [0, 0.05) is 11.0 Å². The Balaban J connectivity index is 2.55. The van der Waals surface area contributed by atoms with Crippen LogP contribution in [0.5, 0.6) is 11.5 Å². The van der Waals surface area contributed by atoms with Crippen molar-refractivity contribution in [3.63, 3.8) is 0 Å². The molecule has 0 bridgehead atoms. The lowest BCUT2D eigenvalue weighted by molar-refractivity contribution is -0.128. The van der Waals surface area contributed by atoms with Gasteiger partial charge in [-0.3, -0.25) is 19.8 Å². The highest BCUT2D eigenvalue weighted by Gasteiger charge is 2.33. The van der Waals surface area contributed by atoms with Crippen LogP contribution in [0.25, 0.3) is 6.08 Å². The summed E-state index contributed by atoms with van der Waals surface area (Å²) in [5, 5.41) is 12.3. The van der Waals surface area contributed by atoms with Crippen LogP contribution in [0.3, 0.4) is 0 Å². The molecule has 9 heteroatoms. The number of aromatic hydroxyl groups is 1. The zero-order valence-corrected chi connectivity index (χ0v) is 15.6. The molecule has 126 valence electrons. The van der Waals surface area contributed by atoms with E-state index >= 15 is 0 Å². The molecule has 0 aromatic heterocycles. The number of carbonyl (C=O) groups is 2. The van der Waals surface area contributed by atoms with E-state index in [-0.39, 0.29) is 33.8 Å². The number of methoxy groups -OCH3 is 1. The molecule has 1 heterocycles. The van der Waals surface area contributed by atoms with Crippen molar-refractivity contribution in [2.24, 2.45) is 0 Å². The molecule has 6 nitrogen and oxygen atoms in total. The van der Waals surface area contributed by atoms with Crippen LogP contribution >= 0.6 is 39.7 Å². The molecule has 0 spiro atoms. The molecule has 1 fully saturated rings. The number of hydrogen-bond acceptors (Lipinski definition) is 5. The largest absolute Gasteiger partial charge is 0.503 e. The number of carbonyl (C=O) groups excluding carboxylic acids is 2. The summed E-state index contributed by atoms with van der Waals surface area (Å²) in [6.07, 6.45) is 2.84. The van der Waals surface area contributed by atoms with E-state index in [9.17, 15) is 14.7 Å². The first-order valence-corrected chi connectivity index (χ1v) is 8.14. The quantitative estimate of drug-likeness (QED) is 0.332. The molecule has 0 unspecified atom stereocenters. The van der Waals surface area contributed by atoms with Gasteiger partial charge in [0.1, 0.15) is 10.6 Å². The summed E-state index contributed by atoms with van der Waals surface area (Å²) in [5.41, 5.74) is 0.259. The molecule has 0 saturated carbocycles. The Kier molecular flexibility index (Phi) is 5.63. The number of ether oxygens (including phenoxy) is 1. The molecule has 0 atom stereocenters. The first-order valence-electron chi connectivity index (χ1n) is 6.56. The minimum absolute atomic E-state index is 0.00309. The molecular formula is C15H12BrClN2O4S. The second-order valence-electron chi connectivity index (χ2n) is 4.67. The Morgan fingerprint density at radius 3 is 2.79 bits per heavy atom. The first-order chi connectivity index (χ1) is 11.3. The van der Waals surface area contributed by atoms with E-state index < -0.39 is 11.8 Å². The van der Waals surface area contributed by atoms with Crippen LogP contribution in [0.2, 0.25) is 5.02 Å². The number of thiocarbonyl (C=S) groups is 1. The highest BCUT2D eigenvalue weighted by atomic mass is 79.9. The van der Waals surface area contributed by atoms with Crippen LogP contribution in [0.4, 0.5) is 0 Å². The average molecular weight is 432 g/mol. The van der Waals surface area contributed by atoms with Crippen molar-refractivity contribution in [2.45, 2.75) is 0 Å². The number of amides is 2. The van der Waals surface area contributed by atoms with Crippen LogP contribution < -0.4 is 10.1 Å². The maximum atomic E-state index is 12.5. The summed E-state index contributed by atoms with van der Waals surface area (Å²) in [6, 6.07) is 1.45. The van der Waals surface area contributed by atoms with Gasteiger partial charge in [-0.15, -0.1) is 6.58 Å². The molecule has 1 aliphatic heterocycles. The molecule has 1 aromatic rings. The molecule has 2 rings (SSSR count). The van der Waals surface area contributed by atoms with Crippen LogP contribution in [-0.2, 0) is 9.59 Å². The lowest BCUT2D eigenvalue weighted by Crippen LogP contribution is -2.53. The Hall–Kier alpha value is -1.90. The number of hydrogen-bond donors (Lipinski definition) is 2. The molecular weight excluding hydrogens is 420 g/mol. The molecule has 24 heavy (non-hydrogen) atoms. The summed E-state index contributed by atoms with van der Waals surface area (Å²) < 4.78 is 5.35. The van der Waals surface area contributed by atoms with Gasteiger partial charge in [0.05, 0.1) is 7.11 Å². The van der Waals surface area contributed by atoms with Crippen molar-refractivity contribution in [1.82, 2.24) is 10.2 Å². The fourth-order valence-electron chi connectivity index (χ4n) is 2.02. The number of nitrogens with one attached hydrogen (secondary N) is 1. The van der Waals surface area contributed by atoms with Crippen LogP contribution in [0.15, 0.2) is 28.8 Å². The summed E-state index contributed by atoms with van der Waals surface area (Å²) >= 11 is 14.2. The van der Waals surface area contributed by atoms with E-state index in [1.165, 1.54) is 30.2 Å². The fraction of sp³-hybridized carbons (Fsp3) is 0.133. The van der Waals surface area contributed by atoms with Crippen LogP contribution in [0, 0.1) is 0 Å². The second kappa shape index (κ2) is 7.33. The van der Waals surface area contributed by atoms with Crippen LogP contribution in [0.1, 0.15) is 5.56 Å². The average Bonchev–Trinajstić information content (AvgIpc) is 2.55. The molecule has 0 aliphatic carbocycles. The molecule has 2 amide bonds. The summed E-state index contributed by atoms with van der Waals surface area (Å²) in [5.74, 6) is -1.32. The standard InChI is InChI=1S/C15H12BrClN2O4S/c1-3-4-19-14(22)8(13(21)18-15(19)24)5-7-6-9(23-2)12(20)11(17)10(7)16/h3,5-6,20H,1,4H2,2H3,(H,18,21,24)/b8-5+. The van der Waals surface area contributed by atoms with Crippen molar-refractivity contribution >= 4 is 62.8 Å². The van der Waals surface area contributed by atoms with Gasteiger partial charge in [0.25, 0.3) is 11.8 Å². The van der Waals surface area contributed by atoms with Gasteiger partial charge in [-0.05, 0) is 45.9 Å². The smallest absolute Gasteiger partial charge is 0.265 e. The topological polar surface area (TPSA) is 78.9 Å². The van der Waals surface area contributed by atoms with E-state index in [1.807, 2.05) is 0 Å². The summed E-state index contributed by atoms with van der Waals surface area (Å²) in [4.78, 5) is 25.8. The Labute approximate surface area is 156 Å². The zero-order chi connectivity index (χ0) is 18.0. The number of phenols is 1. The number of rotatable bonds is 4. The molecule has 2 N–H and O–H groups in total. The number of benzene rings is 1. The molecule has 1 saturated heterocycles. The van der Waals surface area contributed by atoms with E-state index in [1.54, 1.807) is 0 Å². The predicted molar refractivity (Wildman–Crippen MR) is 98.0 cm³/mol. The van der Waals surface area contributed by atoms with E-state index in [2.05, 4.69) is 27.8 Å². The normalized spacial score (nSPS) is 16.4. The van der Waals surface area contributed by atoms with Crippen molar-refractivity contribution in [2.75, 3.05) is 13.7 Å². The highest BCUT2D eigenvalue weighted by Crippen LogP contribution is 2.42. The minimum atomic E-state index is -0.625. The lowest BCUT2D eigenvalue weighted by Gasteiger charge is -2.27. The molecule has 1 aliphatic rings. The number of halogens is 2. The highest BCUT2D eigenvalue weighted by molar-refractivity contribution is 9.10. The Morgan fingerprint density at radius 2 is 2.21 bits per heavy atom. The summed E-state index contributed by atoms with van der Waals surface area (Å²) in [7, 11) is 1.36. The predicted octanol–water partition coefficient (Wildman–Crippen LogP) is 2.63. The molecule has 1 aromatic carbocycles. The Bertz CT molecular complexity index is 794. The van der Waals surface area contributed by atoms with Gasteiger partial charge in [0.15, 0.2) is 16.6 Å². The Morgan fingerprint density at radius 1 is 1.54 bits per heavy atom. The maximum absolute atomic E-state index is 12.5. The van der Waals surface area contributed by atoms with Crippen molar-refractivity contribution in [3.05, 3.63) is 39.4 Å². The third-order valence-electron chi connectivity index (χ3n) is 3.19. The van der Waals surface area contributed by atoms with Crippen molar-refractivity contribution in [1.29, 1.82) is 0 Å². The third-order valence-corrected chi connectivity index (χ3v) is 4.96. The van der Waals surface area contributed by atoms with Gasteiger partial charge in [-0.25, -0.2) is 0 Å². The summed E-state index contributed by atoms with van der Waals surface area (Å²) in [6.45, 7) is 3.72. The van der Waals surface area contributed by atoms with E-state index in [0.29, 0.717) is 10.0 Å². The SMILES string of the molecule is C=CCN1C(=O)/C(=C/c2cc(OC)c(O)c(Cl)c2Br)C(=O)NC1=S. The van der Waals surface area contributed by atoms with Gasteiger partial charge >= 0.3 is 0 Å². The van der Waals surface area contributed by atoms with Gasteiger partial charge in [-0.2, -0.15) is 0 Å². The third kappa shape index (κ3) is 3.31. The number of phenolic OH excluding ortho intramolecular Hbond substituents is 1. The first kappa shape index (κ1) is 18.4. The second-order valence-corrected chi connectivity index (χ2v) is 6.22. The van der Waals surface area contributed by atoms with Gasteiger partial charge < -0.3 is 9.84 Å². The number of nitrogens with zero attached hydrogens (tertiary/aromatic N) is 1. The monoisotopic (exact) mass is 430 g/mol. The van der Waals surface area contributed by atoms with Gasteiger partial charge in [-0.1, -0.05) is 17.7 Å². The zero-order valence-electron chi connectivity index (χ0n) is 12.4. The van der Waals surface area contributed by atoms with Gasteiger partial charge in [0.2, 0.25) is 0 Å². The van der Waals surface area contributed by atoms with Crippen LogP contribution in [-0.4, -0.2) is 40.6 Å². The fourth-order valence-corrected chi connectivity index (χ4v) is 2.89. The molecule has 0 radical (unpaired) electrons. The maximum Gasteiger partial charge on any atom is 0.265 e. The van der Waals surface area contributed by atoms with Crippen molar-refractivity contribution < 1.29 is 19.4 Å². The van der Waals surface area contributed by atoms with Crippen molar-refractivity contribution in [3.8, 4) is 11.5 Å². The van der Waals surface area contributed by atoms with E-state index in [0.717, 1.165) is 0 Å². The minimum Gasteiger partial charge on any atom is -0.503 e. The van der Waals surface area contributed by atoms with E-state index in [4.69, 9.17) is 28.6 Å². The lowest BCUT2D eigenvalue weighted by atomic mass is 10.1.